The summed E-state index contributed by atoms with van der Waals surface area (Å²) < 4.78 is 4.59. The third-order valence-corrected chi connectivity index (χ3v) is 3.88. The SMILES string of the molecule is CC.CC.CNC1C2CN(c3cnc(C(=O)OC)cn3)CC21. The fraction of sp³-hybridized carbons (Fsp3) is 0.688. The smallest absolute Gasteiger partial charge is 0.358 e. The van der Waals surface area contributed by atoms with Gasteiger partial charge in [0, 0.05) is 19.1 Å². The molecule has 0 bridgehead atoms. The van der Waals surface area contributed by atoms with Crippen molar-refractivity contribution in [3.63, 3.8) is 0 Å². The second-order valence-electron chi connectivity index (χ2n) is 4.80. The van der Waals surface area contributed by atoms with Gasteiger partial charge in [-0.25, -0.2) is 14.8 Å². The summed E-state index contributed by atoms with van der Waals surface area (Å²) in [6.45, 7) is 10.0. The summed E-state index contributed by atoms with van der Waals surface area (Å²) in [5.41, 5.74) is 0.249. The number of carbonyl (C=O) groups is 1. The molecule has 2 aliphatic rings. The summed E-state index contributed by atoms with van der Waals surface area (Å²) in [7, 11) is 3.35. The Labute approximate surface area is 133 Å². The zero-order valence-corrected chi connectivity index (χ0v) is 14.5. The van der Waals surface area contributed by atoms with Gasteiger partial charge in [-0.2, -0.15) is 0 Å². The summed E-state index contributed by atoms with van der Waals surface area (Å²) in [4.78, 5) is 21.8. The Morgan fingerprint density at radius 3 is 2.18 bits per heavy atom. The number of piperidine rings is 1. The lowest BCUT2D eigenvalue weighted by Gasteiger charge is -2.20. The largest absolute Gasteiger partial charge is 0.464 e. The van der Waals surface area contributed by atoms with Crippen molar-refractivity contribution >= 4 is 11.8 Å². The number of hydrogen-bond donors (Lipinski definition) is 1. The maximum absolute atomic E-state index is 11.2. The predicted octanol–water partition coefficient (Wildman–Crippen LogP) is 1.97. The van der Waals surface area contributed by atoms with Crippen LogP contribution in [-0.4, -0.2) is 49.2 Å². The summed E-state index contributed by atoms with van der Waals surface area (Å²) >= 11 is 0. The molecule has 2 fully saturated rings. The first kappa shape index (κ1) is 18.4. The van der Waals surface area contributed by atoms with Crippen LogP contribution in [0.4, 0.5) is 5.82 Å². The van der Waals surface area contributed by atoms with E-state index in [9.17, 15) is 4.79 Å². The molecule has 22 heavy (non-hydrogen) atoms. The predicted molar refractivity (Wildman–Crippen MR) is 88.1 cm³/mol. The molecule has 6 nitrogen and oxygen atoms in total. The van der Waals surface area contributed by atoms with E-state index in [0.717, 1.165) is 30.7 Å². The maximum Gasteiger partial charge on any atom is 0.358 e. The monoisotopic (exact) mass is 308 g/mol. The third-order valence-electron chi connectivity index (χ3n) is 3.88. The lowest BCUT2D eigenvalue weighted by Crippen LogP contribution is -2.30. The van der Waals surface area contributed by atoms with Gasteiger partial charge < -0.3 is 15.0 Å². The number of hydrogen-bond acceptors (Lipinski definition) is 6. The highest BCUT2D eigenvalue weighted by molar-refractivity contribution is 5.86. The van der Waals surface area contributed by atoms with Gasteiger partial charge in [0.15, 0.2) is 5.69 Å². The molecular weight excluding hydrogens is 280 g/mol. The second-order valence-corrected chi connectivity index (χ2v) is 4.80. The van der Waals surface area contributed by atoms with E-state index in [1.54, 1.807) is 6.20 Å². The summed E-state index contributed by atoms with van der Waals surface area (Å²) in [5, 5.41) is 3.32. The molecule has 1 aliphatic carbocycles. The highest BCUT2D eigenvalue weighted by atomic mass is 16.5. The second kappa shape index (κ2) is 8.68. The van der Waals surface area contributed by atoms with Crippen molar-refractivity contribution in [3.8, 4) is 0 Å². The van der Waals surface area contributed by atoms with Gasteiger partial charge in [-0.15, -0.1) is 0 Å². The van der Waals surface area contributed by atoms with E-state index in [-0.39, 0.29) is 5.69 Å². The minimum absolute atomic E-state index is 0.249. The van der Waals surface area contributed by atoms with Crippen molar-refractivity contribution in [2.45, 2.75) is 33.7 Å². The standard InChI is InChI=1S/C12H16N4O2.2C2H6/c1-13-11-7-5-16(6-8(7)11)10-4-14-9(3-15-10)12(17)18-2;2*1-2/h3-4,7-8,11,13H,5-6H2,1-2H3;2*1-2H3. The molecule has 2 unspecified atom stereocenters. The highest BCUT2D eigenvalue weighted by Gasteiger charge is 2.55. The van der Waals surface area contributed by atoms with Crippen LogP contribution in [0.2, 0.25) is 0 Å². The van der Waals surface area contributed by atoms with Crippen LogP contribution in [0.1, 0.15) is 38.2 Å². The number of ether oxygens (including phenoxy) is 1. The van der Waals surface area contributed by atoms with Crippen LogP contribution in [0.5, 0.6) is 0 Å². The molecule has 2 heterocycles. The fourth-order valence-corrected chi connectivity index (χ4v) is 2.84. The van der Waals surface area contributed by atoms with Crippen LogP contribution in [0, 0.1) is 11.8 Å². The molecule has 6 heteroatoms. The van der Waals surface area contributed by atoms with E-state index in [4.69, 9.17) is 0 Å². The van der Waals surface area contributed by atoms with Crippen LogP contribution in [0.3, 0.4) is 0 Å². The van der Waals surface area contributed by atoms with Gasteiger partial charge in [-0.05, 0) is 18.9 Å². The molecule has 1 aliphatic heterocycles. The number of nitrogens with one attached hydrogen (secondary N) is 1. The molecule has 0 spiro atoms. The molecule has 0 amide bonds. The number of carbonyl (C=O) groups excluding carboxylic acids is 1. The van der Waals surface area contributed by atoms with Crippen molar-refractivity contribution in [2.24, 2.45) is 11.8 Å². The number of methoxy groups -OCH3 is 1. The lowest BCUT2D eigenvalue weighted by atomic mass is 10.4. The van der Waals surface area contributed by atoms with Crippen LogP contribution in [0.15, 0.2) is 12.4 Å². The van der Waals surface area contributed by atoms with E-state index < -0.39 is 5.97 Å². The van der Waals surface area contributed by atoms with Gasteiger partial charge in [0.05, 0.1) is 19.5 Å². The Bertz CT molecular complexity index is 452. The zero-order chi connectivity index (χ0) is 16.7. The first-order valence-corrected chi connectivity index (χ1v) is 8.07. The first-order chi connectivity index (χ1) is 10.7. The zero-order valence-electron chi connectivity index (χ0n) is 14.5. The number of esters is 1. The topological polar surface area (TPSA) is 67.4 Å². The van der Waals surface area contributed by atoms with Gasteiger partial charge in [-0.1, -0.05) is 27.7 Å². The van der Waals surface area contributed by atoms with E-state index in [1.807, 2.05) is 34.7 Å². The summed E-state index contributed by atoms with van der Waals surface area (Å²) in [5.74, 6) is 1.85. The van der Waals surface area contributed by atoms with Crippen LogP contribution in [0.25, 0.3) is 0 Å². The molecule has 124 valence electrons. The molecule has 1 N–H and O–H groups in total. The highest BCUT2D eigenvalue weighted by Crippen LogP contribution is 2.46. The van der Waals surface area contributed by atoms with E-state index in [0.29, 0.717) is 6.04 Å². The summed E-state index contributed by atoms with van der Waals surface area (Å²) in [6.07, 6.45) is 3.12. The van der Waals surface area contributed by atoms with Crippen LogP contribution >= 0.6 is 0 Å². The van der Waals surface area contributed by atoms with E-state index >= 15 is 0 Å². The number of fused-ring (bicyclic) bond motifs is 1. The molecule has 3 rings (SSSR count). The van der Waals surface area contributed by atoms with E-state index in [1.165, 1.54) is 13.3 Å². The molecule has 1 saturated heterocycles. The van der Waals surface area contributed by atoms with Gasteiger partial charge in [0.2, 0.25) is 0 Å². The number of nitrogens with zero attached hydrogens (tertiary/aromatic N) is 3. The Hall–Kier alpha value is -1.69. The van der Waals surface area contributed by atoms with Crippen molar-refractivity contribution in [1.82, 2.24) is 15.3 Å². The molecule has 1 aromatic heterocycles. The van der Waals surface area contributed by atoms with Crippen molar-refractivity contribution < 1.29 is 9.53 Å². The minimum Gasteiger partial charge on any atom is -0.464 e. The van der Waals surface area contributed by atoms with Crippen molar-refractivity contribution in [1.29, 1.82) is 0 Å². The molecule has 1 aromatic rings. The minimum atomic E-state index is -0.450. The lowest BCUT2D eigenvalue weighted by molar-refractivity contribution is 0.0593. The molecule has 1 saturated carbocycles. The quantitative estimate of drug-likeness (QED) is 0.861. The molecule has 0 aromatic carbocycles. The summed E-state index contributed by atoms with van der Waals surface area (Å²) in [6, 6.07) is 0.670. The maximum atomic E-state index is 11.2. The molecular formula is C16H28N4O2. The third kappa shape index (κ3) is 3.74. The number of anilines is 1. The fourth-order valence-electron chi connectivity index (χ4n) is 2.84. The number of rotatable bonds is 3. The van der Waals surface area contributed by atoms with Crippen molar-refractivity contribution in [2.75, 3.05) is 32.1 Å². The van der Waals surface area contributed by atoms with Gasteiger partial charge in [-0.3, -0.25) is 0 Å². The van der Waals surface area contributed by atoms with Gasteiger partial charge >= 0.3 is 5.97 Å². The Kier molecular flexibility index (Phi) is 7.24. The van der Waals surface area contributed by atoms with Gasteiger partial charge in [0.25, 0.3) is 0 Å². The normalized spacial score (nSPS) is 24.3. The molecule has 0 radical (unpaired) electrons. The van der Waals surface area contributed by atoms with Gasteiger partial charge in [0.1, 0.15) is 5.82 Å². The Balaban J connectivity index is 0.000000561. The number of aromatic nitrogens is 2. The average molecular weight is 308 g/mol. The average Bonchev–Trinajstić information content (AvgIpc) is 3.08. The van der Waals surface area contributed by atoms with Crippen molar-refractivity contribution in [3.05, 3.63) is 18.1 Å². The Morgan fingerprint density at radius 1 is 1.18 bits per heavy atom. The first-order valence-electron chi connectivity index (χ1n) is 8.07. The van der Waals surface area contributed by atoms with Crippen LogP contribution < -0.4 is 10.2 Å². The van der Waals surface area contributed by atoms with E-state index in [2.05, 4.69) is 24.9 Å². The Morgan fingerprint density at radius 2 is 1.77 bits per heavy atom. The molecule has 2 atom stereocenters. The van der Waals surface area contributed by atoms with Crippen LogP contribution in [-0.2, 0) is 4.74 Å².